The summed E-state index contributed by atoms with van der Waals surface area (Å²) >= 11 is 0. The number of hydrogen-bond acceptors (Lipinski definition) is 2. The van der Waals surface area contributed by atoms with Gasteiger partial charge in [0.2, 0.25) is 0 Å². The van der Waals surface area contributed by atoms with Crippen LogP contribution in [0.3, 0.4) is 0 Å². The highest BCUT2D eigenvalue weighted by Crippen LogP contribution is 2.49. The molecule has 0 unspecified atom stereocenters. The summed E-state index contributed by atoms with van der Waals surface area (Å²) in [4.78, 5) is 11.2. The standard InChI is InChI=1S/C19H17NO2/c21-19(22)13-9-10-17-16(11-13)14-7-4-8-15(14)18(20-17)12-5-2-1-3-6-12/h1-7,9-11,14-15,18,20H,8H2,(H,21,22)/t14-,15-,18-/m0/s1. The third-order valence-corrected chi connectivity index (χ3v) is 4.77. The highest BCUT2D eigenvalue weighted by molar-refractivity contribution is 5.89. The van der Waals surface area contributed by atoms with Crippen LogP contribution in [0.5, 0.6) is 0 Å². The van der Waals surface area contributed by atoms with Gasteiger partial charge in [-0.2, -0.15) is 0 Å². The summed E-state index contributed by atoms with van der Waals surface area (Å²) in [5.74, 6) is -0.133. The Morgan fingerprint density at radius 2 is 1.95 bits per heavy atom. The van der Waals surface area contributed by atoms with E-state index in [1.807, 2.05) is 18.2 Å². The number of fused-ring (bicyclic) bond motifs is 3. The molecule has 2 aromatic rings. The monoisotopic (exact) mass is 291 g/mol. The van der Waals surface area contributed by atoms with E-state index in [-0.39, 0.29) is 6.04 Å². The number of carboxylic acid groups (broad SMARTS) is 1. The van der Waals surface area contributed by atoms with E-state index in [2.05, 4.69) is 41.7 Å². The lowest BCUT2D eigenvalue weighted by Crippen LogP contribution is -2.29. The van der Waals surface area contributed by atoms with Crippen LogP contribution in [0.25, 0.3) is 0 Å². The summed E-state index contributed by atoms with van der Waals surface area (Å²) in [6.45, 7) is 0. The number of carbonyl (C=O) groups is 1. The summed E-state index contributed by atoms with van der Waals surface area (Å²) in [7, 11) is 0. The molecule has 0 radical (unpaired) electrons. The van der Waals surface area contributed by atoms with Crippen LogP contribution in [0, 0.1) is 5.92 Å². The van der Waals surface area contributed by atoms with Gasteiger partial charge < -0.3 is 10.4 Å². The third kappa shape index (κ3) is 2.01. The maximum atomic E-state index is 11.2. The van der Waals surface area contributed by atoms with Crippen molar-refractivity contribution in [3.05, 3.63) is 77.4 Å². The number of anilines is 1. The van der Waals surface area contributed by atoms with Gasteiger partial charge in [-0.15, -0.1) is 0 Å². The first kappa shape index (κ1) is 13.1. The van der Waals surface area contributed by atoms with Gasteiger partial charge in [0.25, 0.3) is 0 Å². The fourth-order valence-corrected chi connectivity index (χ4v) is 3.72. The summed E-state index contributed by atoms with van der Waals surface area (Å²) < 4.78 is 0. The van der Waals surface area contributed by atoms with Gasteiger partial charge in [0.15, 0.2) is 0 Å². The maximum absolute atomic E-state index is 11.2. The fraction of sp³-hybridized carbons (Fsp3) is 0.211. The first-order chi connectivity index (χ1) is 10.7. The SMILES string of the molecule is O=C(O)c1ccc2c(c1)[C@H]1C=CC[C@@H]1[C@H](c1ccccc1)N2. The number of rotatable bonds is 2. The number of benzene rings is 2. The number of aromatic carboxylic acids is 1. The Hall–Kier alpha value is -2.55. The van der Waals surface area contributed by atoms with Crippen LogP contribution in [-0.2, 0) is 0 Å². The first-order valence-electron chi connectivity index (χ1n) is 7.59. The van der Waals surface area contributed by atoms with Crippen molar-refractivity contribution in [2.45, 2.75) is 18.4 Å². The average molecular weight is 291 g/mol. The molecule has 3 atom stereocenters. The van der Waals surface area contributed by atoms with E-state index in [0.29, 0.717) is 17.4 Å². The molecule has 1 aliphatic carbocycles. The minimum absolute atomic E-state index is 0.268. The van der Waals surface area contributed by atoms with Crippen molar-refractivity contribution < 1.29 is 9.90 Å². The fourth-order valence-electron chi connectivity index (χ4n) is 3.72. The molecule has 0 bridgehead atoms. The lowest BCUT2D eigenvalue weighted by Gasteiger charge is -2.37. The molecule has 2 N–H and O–H groups in total. The second-order valence-electron chi connectivity index (χ2n) is 5.99. The van der Waals surface area contributed by atoms with E-state index < -0.39 is 5.97 Å². The van der Waals surface area contributed by atoms with Crippen LogP contribution < -0.4 is 5.32 Å². The molecule has 0 saturated carbocycles. The molecule has 2 aliphatic rings. The molecule has 110 valence electrons. The Balaban J connectivity index is 1.79. The van der Waals surface area contributed by atoms with Gasteiger partial charge in [-0.05, 0) is 41.7 Å². The predicted octanol–water partition coefficient (Wildman–Crippen LogP) is 4.21. The zero-order valence-electron chi connectivity index (χ0n) is 12.1. The van der Waals surface area contributed by atoms with Crippen LogP contribution in [0.15, 0.2) is 60.7 Å². The summed E-state index contributed by atoms with van der Waals surface area (Å²) in [5.41, 5.74) is 3.80. The van der Waals surface area contributed by atoms with Crippen molar-refractivity contribution in [2.75, 3.05) is 5.32 Å². The van der Waals surface area contributed by atoms with Crippen LogP contribution in [0.4, 0.5) is 5.69 Å². The van der Waals surface area contributed by atoms with Crippen molar-refractivity contribution in [1.82, 2.24) is 0 Å². The number of allylic oxidation sites excluding steroid dienone is 2. The zero-order valence-corrected chi connectivity index (χ0v) is 12.1. The quantitative estimate of drug-likeness (QED) is 0.815. The van der Waals surface area contributed by atoms with Gasteiger partial charge >= 0.3 is 5.97 Å². The van der Waals surface area contributed by atoms with Crippen LogP contribution >= 0.6 is 0 Å². The molecule has 3 heteroatoms. The van der Waals surface area contributed by atoms with Crippen molar-refractivity contribution in [3.63, 3.8) is 0 Å². The zero-order chi connectivity index (χ0) is 15.1. The first-order valence-corrected chi connectivity index (χ1v) is 7.59. The molecule has 0 aromatic heterocycles. The minimum Gasteiger partial charge on any atom is -0.478 e. The van der Waals surface area contributed by atoms with Gasteiger partial charge in [0, 0.05) is 11.6 Å². The van der Waals surface area contributed by atoms with Crippen molar-refractivity contribution in [3.8, 4) is 0 Å². The summed E-state index contributed by atoms with van der Waals surface area (Å²) in [6.07, 6.45) is 5.47. The average Bonchev–Trinajstić information content (AvgIpc) is 3.04. The molecular weight excluding hydrogens is 274 g/mol. The number of hydrogen-bond donors (Lipinski definition) is 2. The second-order valence-corrected chi connectivity index (χ2v) is 5.99. The Morgan fingerprint density at radius 1 is 1.14 bits per heavy atom. The number of carboxylic acids is 1. The Kier molecular flexibility index (Phi) is 3.00. The second kappa shape index (κ2) is 5.02. The van der Waals surface area contributed by atoms with E-state index in [4.69, 9.17) is 0 Å². The van der Waals surface area contributed by atoms with E-state index in [0.717, 1.165) is 17.7 Å². The molecule has 1 heterocycles. The number of nitrogens with one attached hydrogen (secondary N) is 1. The van der Waals surface area contributed by atoms with E-state index >= 15 is 0 Å². The van der Waals surface area contributed by atoms with Crippen LogP contribution in [0.2, 0.25) is 0 Å². The molecular formula is C19H17NO2. The van der Waals surface area contributed by atoms with Gasteiger partial charge in [-0.25, -0.2) is 4.79 Å². The molecule has 1 aliphatic heterocycles. The minimum atomic E-state index is -0.869. The van der Waals surface area contributed by atoms with Gasteiger partial charge in [-0.1, -0.05) is 42.5 Å². The predicted molar refractivity (Wildman–Crippen MR) is 86.2 cm³/mol. The third-order valence-electron chi connectivity index (χ3n) is 4.77. The molecule has 0 fully saturated rings. The van der Waals surface area contributed by atoms with Gasteiger partial charge in [-0.3, -0.25) is 0 Å². The molecule has 22 heavy (non-hydrogen) atoms. The Morgan fingerprint density at radius 3 is 2.73 bits per heavy atom. The molecule has 2 aromatic carbocycles. The van der Waals surface area contributed by atoms with E-state index in [1.54, 1.807) is 6.07 Å². The van der Waals surface area contributed by atoms with Crippen molar-refractivity contribution in [2.24, 2.45) is 5.92 Å². The highest BCUT2D eigenvalue weighted by Gasteiger charge is 2.37. The molecule has 3 nitrogen and oxygen atoms in total. The van der Waals surface area contributed by atoms with Crippen molar-refractivity contribution >= 4 is 11.7 Å². The molecule has 0 spiro atoms. The summed E-state index contributed by atoms with van der Waals surface area (Å²) in [5, 5.41) is 12.8. The summed E-state index contributed by atoms with van der Waals surface area (Å²) in [6, 6.07) is 16.1. The van der Waals surface area contributed by atoms with Crippen molar-refractivity contribution in [1.29, 1.82) is 0 Å². The van der Waals surface area contributed by atoms with Crippen LogP contribution in [0.1, 0.15) is 39.9 Å². The van der Waals surface area contributed by atoms with E-state index in [1.165, 1.54) is 5.56 Å². The van der Waals surface area contributed by atoms with Gasteiger partial charge in [0.05, 0.1) is 11.6 Å². The Bertz CT molecular complexity index is 751. The lowest BCUT2D eigenvalue weighted by atomic mass is 9.76. The van der Waals surface area contributed by atoms with Crippen LogP contribution in [-0.4, -0.2) is 11.1 Å². The largest absolute Gasteiger partial charge is 0.478 e. The topological polar surface area (TPSA) is 49.3 Å². The normalized spacial score (nSPS) is 25.2. The lowest BCUT2D eigenvalue weighted by molar-refractivity contribution is 0.0696. The molecule has 0 amide bonds. The van der Waals surface area contributed by atoms with E-state index in [9.17, 15) is 9.90 Å². The van der Waals surface area contributed by atoms with Gasteiger partial charge in [0.1, 0.15) is 0 Å². The molecule has 0 saturated heterocycles. The maximum Gasteiger partial charge on any atom is 0.335 e. The molecule has 4 rings (SSSR count). The highest BCUT2D eigenvalue weighted by atomic mass is 16.4. The smallest absolute Gasteiger partial charge is 0.335 e. The Labute approximate surface area is 129 Å².